The van der Waals surface area contributed by atoms with E-state index in [1.165, 1.54) is 0 Å². The Morgan fingerprint density at radius 1 is 1.64 bits per heavy atom. The molecule has 1 aliphatic rings. The monoisotopic (exact) mass is 230 g/mol. The van der Waals surface area contributed by atoms with Crippen LogP contribution in [0.1, 0.15) is 29.4 Å². The number of nitrogens with one attached hydrogen (secondary N) is 1. The number of rotatable bonds is 1. The van der Waals surface area contributed by atoms with Crippen LogP contribution in [0.15, 0.2) is 0 Å². The lowest BCUT2D eigenvalue weighted by molar-refractivity contribution is 0.108. The number of halogens is 1. The van der Waals surface area contributed by atoms with Gasteiger partial charge in [-0.15, -0.1) is 11.6 Å². The molecule has 1 atom stereocenters. The zero-order valence-electron chi connectivity index (χ0n) is 7.84. The van der Waals surface area contributed by atoms with Crippen molar-refractivity contribution in [1.29, 1.82) is 0 Å². The number of fused-ring (bicyclic) bond motifs is 1. The normalized spacial score (nSPS) is 17.6. The Morgan fingerprint density at radius 2 is 2.43 bits per heavy atom. The number of aromatic amines is 1. The number of hydrogen-bond donors (Lipinski definition) is 1. The molecule has 0 saturated heterocycles. The highest BCUT2D eigenvalue weighted by Gasteiger charge is 2.15. The summed E-state index contributed by atoms with van der Waals surface area (Å²) in [7, 11) is 0. The van der Waals surface area contributed by atoms with Gasteiger partial charge in [0.15, 0.2) is 0 Å². The molecule has 1 aromatic rings. The van der Waals surface area contributed by atoms with Gasteiger partial charge in [0.25, 0.3) is 0 Å². The molecule has 1 N–H and O–H groups in total. The molecule has 2 heterocycles. The number of H-pyrrole nitrogens is 1. The predicted octanol–water partition coefficient (Wildman–Crippen LogP) is 2.51. The Bertz CT molecular complexity index is 402. The average molecular weight is 231 g/mol. The highest BCUT2D eigenvalue weighted by atomic mass is 35.5. The van der Waals surface area contributed by atoms with E-state index in [1.54, 1.807) is 0 Å². The summed E-state index contributed by atoms with van der Waals surface area (Å²) in [6.07, 6.45) is 0.859. The van der Waals surface area contributed by atoms with Crippen molar-refractivity contribution in [3.8, 4) is 0 Å². The van der Waals surface area contributed by atoms with Crippen LogP contribution >= 0.6 is 23.8 Å². The first-order chi connectivity index (χ1) is 6.68. The molecular weight excluding hydrogens is 220 g/mol. The van der Waals surface area contributed by atoms with Gasteiger partial charge in [-0.25, -0.2) is 4.98 Å². The Labute approximate surface area is 92.5 Å². The summed E-state index contributed by atoms with van der Waals surface area (Å²) in [5.74, 6) is 0.748. The van der Waals surface area contributed by atoms with Crippen LogP contribution in [-0.4, -0.2) is 16.6 Å². The van der Waals surface area contributed by atoms with Gasteiger partial charge in [-0.2, -0.15) is 0 Å². The summed E-state index contributed by atoms with van der Waals surface area (Å²) >= 11 is 11.1. The lowest BCUT2D eigenvalue weighted by Gasteiger charge is -2.17. The smallest absolute Gasteiger partial charge is 0.135 e. The fraction of sp³-hybridized carbons (Fsp3) is 0.556. The van der Waals surface area contributed by atoms with Gasteiger partial charge in [0.05, 0.1) is 18.6 Å². The number of hydrogen-bond acceptors (Lipinski definition) is 3. The first-order valence-corrected chi connectivity index (χ1v) is 5.36. The molecule has 0 spiro atoms. The molecular formula is C9H11ClN2OS. The van der Waals surface area contributed by atoms with Crippen LogP contribution < -0.4 is 0 Å². The van der Waals surface area contributed by atoms with Crippen molar-refractivity contribution in [2.75, 3.05) is 6.61 Å². The van der Waals surface area contributed by atoms with E-state index in [-0.39, 0.29) is 5.38 Å². The molecule has 1 aliphatic heterocycles. The van der Waals surface area contributed by atoms with Crippen molar-refractivity contribution in [3.05, 3.63) is 21.7 Å². The van der Waals surface area contributed by atoms with Crippen molar-refractivity contribution < 1.29 is 4.74 Å². The molecule has 0 amide bonds. The second kappa shape index (κ2) is 3.96. The average Bonchev–Trinajstić information content (AvgIpc) is 2.17. The molecule has 0 saturated carbocycles. The zero-order valence-corrected chi connectivity index (χ0v) is 9.41. The van der Waals surface area contributed by atoms with E-state index in [9.17, 15) is 0 Å². The maximum Gasteiger partial charge on any atom is 0.135 e. The van der Waals surface area contributed by atoms with Gasteiger partial charge < -0.3 is 9.72 Å². The molecule has 1 unspecified atom stereocenters. The Kier molecular flexibility index (Phi) is 2.85. The predicted molar refractivity (Wildman–Crippen MR) is 57.0 cm³/mol. The minimum atomic E-state index is -0.134. The quantitative estimate of drug-likeness (QED) is 0.595. The second-order valence-electron chi connectivity index (χ2n) is 3.30. The molecule has 0 aromatic carbocycles. The van der Waals surface area contributed by atoms with Crippen LogP contribution in [0.4, 0.5) is 0 Å². The third kappa shape index (κ3) is 1.82. The molecule has 1 aromatic heterocycles. The first-order valence-electron chi connectivity index (χ1n) is 4.52. The van der Waals surface area contributed by atoms with Gasteiger partial charge in [0.2, 0.25) is 0 Å². The van der Waals surface area contributed by atoms with Gasteiger partial charge in [-0.3, -0.25) is 0 Å². The maximum atomic E-state index is 5.95. The number of nitrogens with zero attached hydrogens (tertiary/aromatic N) is 1. The second-order valence-corrected chi connectivity index (χ2v) is 4.34. The van der Waals surface area contributed by atoms with E-state index in [1.807, 2.05) is 6.92 Å². The van der Waals surface area contributed by atoms with Crippen LogP contribution in [0.3, 0.4) is 0 Å². The highest BCUT2D eigenvalue weighted by molar-refractivity contribution is 7.71. The van der Waals surface area contributed by atoms with Gasteiger partial charge in [0.1, 0.15) is 10.5 Å². The van der Waals surface area contributed by atoms with Gasteiger partial charge in [-0.05, 0) is 6.92 Å². The summed E-state index contributed by atoms with van der Waals surface area (Å²) in [6.45, 7) is 3.17. The van der Waals surface area contributed by atoms with E-state index in [0.717, 1.165) is 30.1 Å². The van der Waals surface area contributed by atoms with Crippen LogP contribution in [-0.2, 0) is 17.8 Å². The van der Waals surface area contributed by atoms with Crippen molar-refractivity contribution in [1.82, 2.24) is 9.97 Å². The van der Waals surface area contributed by atoms with Crippen molar-refractivity contribution in [2.45, 2.75) is 25.3 Å². The first kappa shape index (κ1) is 10.1. The molecule has 0 radical (unpaired) electrons. The lowest BCUT2D eigenvalue weighted by Crippen LogP contribution is -2.15. The summed E-state index contributed by atoms with van der Waals surface area (Å²) < 4.78 is 5.93. The maximum absolute atomic E-state index is 5.95. The van der Waals surface area contributed by atoms with E-state index in [4.69, 9.17) is 28.6 Å². The summed E-state index contributed by atoms with van der Waals surface area (Å²) in [4.78, 5) is 7.45. The standard InChI is InChI=1S/C9H11ClN2OS/c1-5(10)8-11-7-2-3-13-4-6(7)9(14)12-8/h5H,2-4H2,1H3,(H,11,12,14). The van der Waals surface area contributed by atoms with Gasteiger partial charge >= 0.3 is 0 Å². The minimum absolute atomic E-state index is 0.134. The van der Waals surface area contributed by atoms with Gasteiger partial charge in [0, 0.05) is 17.7 Å². The molecule has 5 heteroatoms. The Morgan fingerprint density at radius 3 is 3.14 bits per heavy atom. The van der Waals surface area contributed by atoms with Crippen LogP contribution in [0.25, 0.3) is 0 Å². The number of alkyl halides is 1. The molecule has 2 rings (SSSR count). The van der Waals surface area contributed by atoms with Crippen LogP contribution in [0, 0.1) is 4.64 Å². The van der Waals surface area contributed by atoms with Crippen molar-refractivity contribution >= 4 is 23.8 Å². The van der Waals surface area contributed by atoms with Crippen molar-refractivity contribution in [3.63, 3.8) is 0 Å². The number of aromatic nitrogens is 2. The molecule has 3 nitrogen and oxygen atoms in total. The third-order valence-electron chi connectivity index (χ3n) is 2.24. The van der Waals surface area contributed by atoms with E-state index < -0.39 is 0 Å². The van der Waals surface area contributed by atoms with E-state index in [2.05, 4.69) is 9.97 Å². The fourth-order valence-corrected chi connectivity index (χ4v) is 1.85. The minimum Gasteiger partial charge on any atom is -0.376 e. The highest BCUT2D eigenvalue weighted by Crippen LogP contribution is 2.20. The topological polar surface area (TPSA) is 37.9 Å². The number of ether oxygens (including phenoxy) is 1. The molecule has 0 aliphatic carbocycles. The third-order valence-corrected chi connectivity index (χ3v) is 2.79. The Hall–Kier alpha value is -0.450. The summed E-state index contributed by atoms with van der Waals surface area (Å²) in [6, 6.07) is 0. The fourth-order valence-electron chi connectivity index (χ4n) is 1.46. The van der Waals surface area contributed by atoms with Gasteiger partial charge in [-0.1, -0.05) is 12.2 Å². The molecule has 14 heavy (non-hydrogen) atoms. The molecule has 0 fully saturated rings. The zero-order chi connectivity index (χ0) is 10.1. The summed E-state index contributed by atoms with van der Waals surface area (Å²) in [5, 5.41) is -0.134. The largest absolute Gasteiger partial charge is 0.376 e. The van der Waals surface area contributed by atoms with Crippen LogP contribution in [0.2, 0.25) is 0 Å². The lowest BCUT2D eigenvalue weighted by atomic mass is 10.1. The molecule has 76 valence electrons. The van der Waals surface area contributed by atoms with E-state index in [0.29, 0.717) is 11.2 Å². The van der Waals surface area contributed by atoms with Crippen LogP contribution in [0.5, 0.6) is 0 Å². The summed E-state index contributed by atoms with van der Waals surface area (Å²) in [5.41, 5.74) is 2.13. The Balaban J connectivity index is 2.52. The van der Waals surface area contributed by atoms with Crippen molar-refractivity contribution in [2.24, 2.45) is 0 Å². The SMILES string of the molecule is CC(Cl)c1nc(=S)c2c([nH]1)CCOC2. The molecule has 0 bridgehead atoms. The van der Waals surface area contributed by atoms with E-state index >= 15 is 0 Å².